The van der Waals surface area contributed by atoms with E-state index in [2.05, 4.69) is 0 Å². The number of carbonyl (C=O) groups excluding carboxylic acids is 1. The van der Waals surface area contributed by atoms with Crippen LogP contribution in [-0.2, 0) is 11.1 Å². The lowest BCUT2D eigenvalue weighted by Gasteiger charge is -1.99. The van der Waals surface area contributed by atoms with Gasteiger partial charge in [-0.1, -0.05) is 19.1 Å². The van der Waals surface area contributed by atoms with E-state index >= 15 is 0 Å². The molecule has 0 fully saturated rings. The smallest absolute Gasteiger partial charge is 0.186 e. The molecule has 0 aliphatic carbocycles. The number of carbonyl (C=O) groups is 1. The lowest BCUT2D eigenvalue weighted by atomic mass is 10.1. The maximum Gasteiger partial charge on any atom is 0.186 e. The zero-order valence-electron chi connectivity index (χ0n) is 7.19. The van der Waals surface area contributed by atoms with Crippen molar-refractivity contribution in [3.05, 3.63) is 29.8 Å². The zero-order valence-corrected chi connectivity index (χ0v) is 8.00. The Bertz CT molecular complexity index is 346. The van der Waals surface area contributed by atoms with Gasteiger partial charge in [0, 0.05) is 12.0 Å². The summed E-state index contributed by atoms with van der Waals surface area (Å²) < 4.78 is 19.4. The molecule has 0 aliphatic heterocycles. The van der Waals surface area contributed by atoms with E-state index < -0.39 is 11.1 Å². The van der Waals surface area contributed by atoms with E-state index in [9.17, 15) is 9.00 Å². The Labute approximate surface area is 79.1 Å². The minimum atomic E-state index is -2.01. The third-order valence-electron chi connectivity index (χ3n) is 1.68. The first-order chi connectivity index (χ1) is 6.15. The quantitative estimate of drug-likeness (QED) is 0.595. The van der Waals surface area contributed by atoms with Gasteiger partial charge >= 0.3 is 0 Å². The molecule has 1 N–H and O–H groups in total. The molecule has 1 unspecified atom stereocenters. The monoisotopic (exact) mass is 198 g/mol. The Morgan fingerprint density at radius 3 is 2.77 bits per heavy atom. The molecule has 1 aromatic carbocycles. The van der Waals surface area contributed by atoms with Gasteiger partial charge in [0.25, 0.3) is 0 Å². The van der Waals surface area contributed by atoms with Crippen LogP contribution in [0.4, 0.5) is 0 Å². The molecule has 0 heterocycles. The van der Waals surface area contributed by atoms with E-state index in [1.165, 1.54) is 12.1 Å². The molecule has 0 spiro atoms. The highest BCUT2D eigenvalue weighted by molar-refractivity contribution is 7.79. The first-order valence-corrected chi connectivity index (χ1v) is 5.00. The lowest BCUT2D eigenvalue weighted by molar-refractivity contribution is 0.0988. The molecular formula is C9H10O3S. The minimum absolute atomic E-state index is 0.0210. The molecule has 1 aromatic rings. The summed E-state index contributed by atoms with van der Waals surface area (Å²) in [5.41, 5.74) is 0.488. The van der Waals surface area contributed by atoms with Crippen LogP contribution in [0.15, 0.2) is 29.2 Å². The molecule has 3 nitrogen and oxygen atoms in total. The summed E-state index contributed by atoms with van der Waals surface area (Å²) in [4.78, 5) is 11.5. The molecule has 0 aromatic heterocycles. The Balaban J connectivity index is 3.05. The second kappa shape index (κ2) is 4.30. The van der Waals surface area contributed by atoms with Gasteiger partial charge < -0.3 is 4.55 Å². The molecule has 13 heavy (non-hydrogen) atoms. The van der Waals surface area contributed by atoms with Crippen molar-refractivity contribution in [1.29, 1.82) is 0 Å². The van der Waals surface area contributed by atoms with Crippen LogP contribution in [0.25, 0.3) is 0 Å². The Morgan fingerprint density at radius 2 is 2.23 bits per heavy atom. The normalized spacial score (nSPS) is 12.5. The summed E-state index contributed by atoms with van der Waals surface area (Å²) in [5.74, 6) is -0.0210. The van der Waals surface area contributed by atoms with Crippen molar-refractivity contribution < 1.29 is 13.6 Å². The fourth-order valence-electron chi connectivity index (χ4n) is 0.982. The molecule has 1 rings (SSSR count). The number of rotatable bonds is 3. The SMILES string of the molecule is CCC(=O)c1cccc(S(=O)O)c1. The van der Waals surface area contributed by atoms with E-state index in [0.29, 0.717) is 12.0 Å². The third-order valence-corrected chi connectivity index (χ3v) is 2.34. The van der Waals surface area contributed by atoms with Crippen LogP contribution in [-0.4, -0.2) is 14.5 Å². The van der Waals surface area contributed by atoms with E-state index in [-0.39, 0.29) is 10.7 Å². The number of benzene rings is 1. The van der Waals surface area contributed by atoms with E-state index in [1.807, 2.05) is 0 Å². The van der Waals surface area contributed by atoms with Crippen LogP contribution >= 0.6 is 0 Å². The maximum atomic E-state index is 11.2. The molecular weight excluding hydrogens is 188 g/mol. The third kappa shape index (κ3) is 2.47. The summed E-state index contributed by atoms with van der Waals surface area (Å²) in [6.45, 7) is 1.75. The second-order valence-electron chi connectivity index (χ2n) is 2.55. The first kappa shape index (κ1) is 10.1. The summed E-state index contributed by atoms with van der Waals surface area (Å²) in [5, 5.41) is 0. The Hall–Kier alpha value is -1.00. The van der Waals surface area contributed by atoms with E-state index in [4.69, 9.17) is 4.55 Å². The van der Waals surface area contributed by atoms with Crippen molar-refractivity contribution in [3.63, 3.8) is 0 Å². The number of ketones is 1. The molecule has 0 amide bonds. The summed E-state index contributed by atoms with van der Waals surface area (Å²) in [7, 11) is 0. The van der Waals surface area contributed by atoms with Gasteiger partial charge in [0.1, 0.15) is 0 Å². The van der Waals surface area contributed by atoms with Crippen LogP contribution < -0.4 is 0 Å². The molecule has 1 atom stereocenters. The lowest BCUT2D eigenvalue weighted by Crippen LogP contribution is -1.98. The van der Waals surface area contributed by atoms with Gasteiger partial charge in [0.2, 0.25) is 0 Å². The van der Waals surface area contributed by atoms with Crippen LogP contribution in [0, 0.1) is 0 Å². The molecule has 0 saturated carbocycles. The van der Waals surface area contributed by atoms with Gasteiger partial charge in [0.05, 0.1) is 4.90 Å². The van der Waals surface area contributed by atoms with Gasteiger partial charge in [-0.3, -0.25) is 4.79 Å². The fourth-order valence-corrected chi connectivity index (χ4v) is 1.41. The maximum absolute atomic E-state index is 11.2. The van der Waals surface area contributed by atoms with E-state index in [0.717, 1.165) is 0 Å². The highest BCUT2D eigenvalue weighted by Gasteiger charge is 2.05. The molecule has 0 saturated heterocycles. The molecule has 0 radical (unpaired) electrons. The van der Waals surface area contributed by atoms with Crippen LogP contribution in [0.2, 0.25) is 0 Å². The second-order valence-corrected chi connectivity index (χ2v) is 3.52. The molecule has 4 heteroatoms. The fraction of sp³-hybridized carbons (Fsp3) is 0.222. The van der Waals surface area contributed by atoms with Crippen molar-refractivity contribution in [2.75, 3.05) is 0 Å². The van der Waals surface area contributed by atoms with Crippen LogP contribution in [0.5, 0.6) is 0 Å². The van der Waals surface area contributed by atoms with Gasteiger partial charge in [-0.2, -0.15) is 0 Å². The van der Waals surface area contributed by atoms with Gasteiger partial charge in [-0.25, -0.2) is 4.21 Å². The predicted octanol–water partition coefficient (Wildman–Crippen LogP) is 1.86. The van der Waals surface area contributed by atoms with Gasteiger partial charge in [-0.15, -0.1) is 0 Å². The van der Waals surface area contributed by atoms with Crippen LogP contribution in [0.3, 0.4) is 0 Å². The van der Waals surface area contributed by atoms with Crippen LogP contribution in [0.1, 0.15) is 23.7 Å². The largest absolute Gasteiger partial charge is 0.302 e. The van der Waals surface area contributed by atoms with Crippen molar-refractivity contribution in [2.45, 2.75) is 18.2 Å². The highest BCUT2D eigenvalue weighted by Crippen LogP contribution is 2.10. The number of hydrogen-bond donors (Lipinski definition) is 1. The van der Waals surface area contributed by atoms with E-state index in [1.54, 1.807) is 19.1 Å². The van der Waals surface area contributed by atoms with Gasteiger partial charge in [-0.05, 0) is 12.1 Å². The average molecular weight is 198 g/mol. The Morgan fingerprint density at radius 1 is 1.54 bits per heavy atom. The zero-order chi connectivity index (χ0) is 9.84. The summed E-state index contributed by atoms with van der Waals surface area (Å²) in [6.07, 6.45) is 0.404. The van der Waals surface area contributed by atoms with Crippen molar-refractivity contribution in [3.8, 4) is 0 Å². The number of hydrogen-bond acceptors (Lipinski definition) is 2. The average Bonchev–Trinajstić information content (AvgIpc) is 2.17. The highest BCUT2D eigenvalue weighted by atomic mass is 32.2. The van der Waals surface area contributed by atoms with Gasteiger partial charge in [0.15, 0.2) is 16.9 Å². The summed E-state index contributed by atoms with van der Waals surface area (Å²) >= 11 is -2.01. The van der Waals surface area contributed by atoms with Crippen molar-refractivity contribution in [1.82, 2.24) is 0 Å². The minimum Gasteiger partial charge on any atom is -0.302 e. The summed E-state index contributed by atoms with van der Waals surface area (Å²) in [6, 6.07) is 6.21. The predicted molar refractivity (Wildman–Crippen MR) is 50.1 cm³/mol. The van der Waals surface area contributed by atoms with Crippen molar-refractivity contribution >= 4 is 16.9 Å². The molecule has 0 bridgehead atoms. The number of Topliss-reactive ketones (excluding diaryl/α,β-unsaturated/α-hetero) is 1. The first-order valence-electron chi connectivity index (χ1n) is 3.89. The molecule has 0 aliphatic rings. The molecule has 70 valence electrons. The Kier molecular flexibility index (Phi) is 3.33. The topological polar surface area (TPSA) is 54.4 Å². The van der Waals surface area contributed by atoms with Crippen molar-refractivity contribution in [2.24, 2.45) is 0 Å². The standard InChI is InChI=1S/C9H10O3S/c1-2-9(10)7-4-3-5-8(6-7)13(11)12/h3-6H,2H2,1H3,(H,11,12).